The topological polar surface area (TPSA) is 23.6 Å². The summed E-state index contributed by atoms with van der Waals surface area (Å²) in [6, 6.07) is 10.8. The predicted molar refractivity (Wildman–Crippen MR) is 91.9 cm³/mol. The summed E-state index contributed by atoms with van der Waals surface area (Å²) >= 11 is 0. The van der Waals surface area contributed by atoms with E-state index in [2.05, 4.69) is 47.1 Å². The highest BCUT2D eigenvalue weighted by Gasteiger charge is 2.18. The second kappa shape index (κ2) is 9.75. The van der Waals surface area contributed by atoms with Gasteiger partial charge in [-0.05, 0) is 30.9 Å². The molecule has 1 atom stereocenters. The van der Waals surface area contributed by atoms with Crippen molar-refractivity contribution in [3.05, 3.63) is 35.9 Å². The summed E-state index contributed by atoms with van der Waals surface area (Å²) in [6.07, 6.45) is 5.94. The van der Waals surface area contributed by atoms with E-state index in [1.54, 1.807) is 0 Å². The first-order valence-electron chi connectivity index (χ1n) is 8.64. The van der Waals surface area contributed by atoms with E-state index in [4.69, 9.17) is 0 Å². The maximum Gasteiger partial charge on any atom is 0.198 e. The Morgan fingerprint density at radius 3 is 2.36 bits per heavy atom. The fourth-order valence-electron chi connectivity index (χ4n) is 3.18. The molecule has 1 aliphatic heterocycles. The molecule has 3 heteroatoms. The van der Waals surface area contributed by atoms with Crippen molar-refractivity contribution in [1.82, 2.24) is 9.80 Å². The zero-order chi connectivity index (χ0) is 15.6. The van der Waals surface area contributed by atoms with Crippen LogP contribution in [-0.2, 0) is 4.79 Å². The highest BCUT2D eigenvalue weighted by Crippen LogP contribution is 2.17. The van der Waals surface area contributed by atoms with Gasteiger partial charge in [0.15, 0.2) is 6.29 Å². The van der Waals surface area contributed by atoms with Crippen molar-refractivity contribution in [3.63, 3.8) is 0 Å². The zero-order valence-electron chi connectivity index (χ0n) is 13.8. The lowest BCUT2D eigenvalue weighted by molar-refractivity contribution is 0.126. The number of rotatable bonds is 9. The quantitative estimate of drug-likeness (QED) is 0.655. The average molecular weight is 301 g/mol. The van der Waals surface area contributed by atoms with E-state index in [0.29, 0.717) is 12.3 Å². The van der Waals surface area contributed by atoms with Gasteiger partial charge in [-0.1, -0.05) is 43.7 Å². The van der Waals surface area contributed by atoms with Crippen LogP contribution in [0.2, 0.25) is 0 Å². The summed E-state index contributed by atoms with van der Waals surface area (Å²) in [5, 5.41) is 0. The summed E-state index contributed by atoms with van der Waals surface area (Å²) in [5.41, 5.74) is 1.44. The van der Waals surface area contributed by atoms with E-state index in [1.165, 1.54) is 44.7 Å². The Hall–Kier alpha value is -1.19. The maximum absolute atomic E-state index is 10.2. The minimum Gasteiger partial charge on any atom is -0.301 e. The summed E-state index contributed by atoms with van der Waals surface area (Å²) in [4.78, 5) is 15.3. The average Bonchev–Trinajstić information content (AvgIpc) is 2.57. The van der Waals surface area contributed by atoms with Crippen LogP contribution in [0.3, 0.4) is 0 Å². The van der Waals surface area contributed by atoms with Crippen LogP contribution in [-0.4, -0.2) is 55.4 Å². The summed E-state index contributed by atoms with van der Waals surface area (Å²) in [7, 11) is 0. The van der Waals surface area contributed by atoms with Crippen LogP contribution in [0.5, 0.6) is 0 Å². The maximum atomic E-state index is 10.2. The second-order valence-electron chi connectivity index (χ2n) is 6.41. The van der Waals surface area contributed by atoms with Gasteiger partial charge in [0.2, 0.25) is 0 Å². The third kappa shape index (κ3) is 5.90. The van der Waals surface area contributed by atoms with Crippen LogP contribution in [0.4, 0.5) is 0 Å². The molecule has 22 heavy (non-hydrogen) atoms. The third-order valence-corrected chi connectivity index (χ3v) is 4.62. The van der Waals surface area contributed by atoms with E-state index in [-0.39, 0.29) is 0 Å². The van der Waals surface area contributed by atoms with Crippen LogP contribution in [0, 0.1) is 0 Å². The van der Waals surface area contributed by atoms with Gasteiger partial charge in [0, 0.05) is 39.1 Å². The highest BCUT2D eigenvalue weighted by atomic mass is 16.1. The Morgan fingerprint density at radius 2 is 1.68 bits per heavy atom. The number of hydrogen-bond donors (Lipinski definition) is 0. The molecule has 1 unspecified atom stereocenters. The van der Waals surface area contributed by atoms with E-state index < -0.39 is 0 Å². The molecule has 0 aliphatic carbocycles. The Bertz CT molecular complexity index is 413. The summed E-state index contributed by atoms with van der Waals surface area (Å²) < 4.78 is 0. The van der Waals surface area contributed by atoms with Crippen molar-refractivity contribution >= 4 is 6.29 Å². The van der Waals surface area contributed by atoms with Crippen molar-refractivity contribution in [1.29, 1.82) is 0 Å². The van der Waals surface area contributed by atoms with Crippen LogP contribution in [0.1, 0.15) is 44.1 Å². The number of benzene rings is 1. The summed E-state index contributed by atoms with van der Waals surface area (Å²) in [6.45, 7) is 9.39. The largest absolute Gasteiger partial charge is 0.301 e. The van der Waals surface area contributed by atoms with Gasteiger partial charge in [-0.3, -0.25) is 4.79 Å². The van der Waals surface area contributed by atoms with E-state index in [1.807, 2.05) is 6.29 Å². The molecule has 1 aromatic rings. The van der Waals surface area contributed by atoms with Crippen molar-refractivity contribution in [2.24, 2.45) is 0 Å². The normalized spacial score (nSPS) is 18.2. The van der Waals surface area contributed by atoms with Gasteiger partial charge in [0.25, 0.3) is 0 Å². The lowest BCUT2D eigenvalue weighted by Gasteiger charge is -2.36. The van der Waals surface area contributed by atoms with E-state index in [0.717, 1.165) is 19.4 Å². The van der Waals surface area contributed by atoms with Crippen LogP contribution in [0.25, 0.3) is 0 Å². The van der Waals surface area contributed by atoms with Crippen molar-refractivity contribution in [2.75, 3.05) is 39.3 Å². The van der Waals surface area contributed by atoms with Gasteiger partial charge in [-0.2, -0.15) is 0 Å². The molecular formula is C19H29N2O. The molecule has 1 radical (unpaired) electrons. The number of nitrogens with zero attached hydrogens (tertiary/aromatic N) is 2. The Morgan fingerprint density at radius 1 is 1.00 bits per heavy atom. The zero-order valence-corrected chi connectivity index (χ0v) is 13.8. The first-order valence-corrected chi connectivity index (χ1v) is 8.64. The number of hydrogen-bond acceptors (Lipinski definition) is 3. The van der Waals surface area contributed by atoms with E-state index in [9.17, 15) is 4.79 Å². The molecule has 0 amide bonds. The molecule has 2 rings (SSSR count). The van der Waals surface area contributed by atoms with Crippen molar-refractivity contribution in [3.8, 4) is 0 Å². The molecule has 121 valence electrons. The first kappa shape index (κ1) is 17.2. The molecule has 1 saturated heterocycles. The van der Waals surface area contributed by atoms with Gasteiger partial charge in [-0.25, -0.2) is 0 Å². The van der Waals surface area contributed by atoms with Crippen molar-refractivity contribution < 1.29 is 4.79 Å². The molecule has 0 aromatic heterocycles. The molecule has 1 aromatic carbocycles. The van der Waals surface area contributed by atoms with Gasteiger partial charge >= 0.3 is 0 Å². The lowest BCUT2D eigenvalue weighted by Crippen LogP contribution is -2.47. The summed E-state index contributed by atoms with van der Waals surface area (Å²) in [5.74, 6) is 0.604. The number of unbranched alkanes of at least 4 members (excludes halogenated alkanes) is 3. The van der Waals surface area contributed by atoms with Gasteiger partial charge in [0.05, 0.1) is 0 Å². The molecule has 1 aliphatic rings. The molecule has 1 fully saturated rings. The SMILES string of the molecule is CC(CN1CCN(CCCCC[C]=O)CC1)c1ccccc1. The van der Waals surface area contributed by atoms with E-state index >= 15 is 0 Å². The molecule has 3 nitrogen and oxygen atoms in total. The fraction of sp³-hybridized carbons (Fsp3) is 0.632. The number of carbonyl (C=O) groups excluding carboxylic acids is 1. The monoisotopic (exact) mass is 301 g/mol. The Kier molecular flexibility index (Phi) is 7.61. The highest BCUT2D eigenvalue weighted by molar-refractivity contribution is 5.50. The molecule has 1 heterocycles. The second-order valence-corrected chi connectivity index (χ2v) is 6.41. The van der Waals surface area contributed by atoms with Gasteiger partial charge in [0.1, 0.15) is 0 Å². The molecule has 0 bridgehead atoms. The van der Waals surface area contributed by atoms with Crippen LogP contribution in [0.15, 0.2) is 30.3 Å². The Balaban J connectivity index is 1.61. The Labute approximate surface area is 135 Å². The fourth-order valence-corrected chi connectivity index (χ4v) is 3.18. The minimum absolute atomic E-state index is 0.602. The third-order valence-electron chi connectivity index (χ3n) is 4.62. The van der Waals surface area contributed by atoms with Crippen molar-refractivity contribution in [2.45, 2.75) is 38.5 Å². The smallest absolute Gasteiger partial charge is 0.198 e. The predicted octanol–water partition coefficient (Wildman–Crippen LogP) is 3.08. The number of piperazine rings is 1. The van der Waals surface area contributed by atoms with Crippen LogP contribution < -0.4 is 0 Å². The molecule has 0 spiro atoms. The molecule has 0 saturated carbocycles. The molecule has 0 N–H and O–H groups in total. The van der Waals surface area contributed by atoms with Gasteiger partial charge < -0.3 is 9.80 Å². The first-order chi connectivity index (χ1) is 10.8. The lowest BCUT2D eigenvalue weighted by atomic mass is 10.0. The standard InChI is InChI=1S/C19H29N2O/c1-18(19-9-5-4-6-10-19)17-21-14-12-20(13-15-21)11-7-2-3-8-16-22/h4-6,9-10,18H,2-3,7-8,11-15,17H2,1H3. The molecular weight excluding hydrogens is 272 g/mol. The van der Waals surface area contributed by atoms with Crippen LogP contribution >= 0.6 is 0 Å². The van der Waals surface area contributed by atoms with Gasteiger partial charge in [-0.15, -0.1) is 0 Å². The minimum atomic E-state index is 0.602.